The monoisotopic (exact) mass is 528 g/mol. The Kier molecular flexibility index (Phi) is 11.1. The zero-order chi connectivity index (χ0) is 26.8. The summed E-state index contributed by atoms with van der Waals surface area (Å²) in [6, 6.07) is -1.85. The van der Waals surface area contributed by atoms with Gasteiger partial charge in [0.2, 0.25) is 0 Å². The van der Waals surface area contributed by atoms with Gasteiger partial charge in [-0.3, -0.25) is 19.2 Å². The minimum absolute atomic E-state index is 0.339. The fourth-order valence-corrected chi connectivity index (χ4v) is 5.76. The van der Waals surface area contributed by atoms with E-state index in [0.29, 0.717) is 19.3 Å². The molecule has 4 unspecified atom stereocenters. The maximum Gasteiger partial charge on any atom is 0.303 e. The number of nitrogens with zero attached hydrogens (tertiary/aromatic N) is 6. The Hall–Kier alpha value is -3.19. The summed E-state index contributed by atoms with van der Waals surface area (Å²) in [6.45, 7) is 4.37. The molecule has 0 spiro atoms. The van der Waals surface area contributed by atoms with Crippen molar-refractivity contribution in [3.8, 4) is 0 Å². The van der Waals surface area contributed by atoms with Crippen molar-refractivity contribution in [1.82, 2.24) is 0 Å². The van der Waals surface area contributed by atoms with Crippen LogP contribution in [0, 0.1) is 0 Å². The molecule has 0 N–H and O–H groups in total. The van der Waals surface area contributed by atoms with Gasteiger partial charge in [0, 0.05) is 42.8 Å². The number of carbonyl (C=O) groups excluding carboxylic acids is 4. The van der Waals surface area contributed by atoms with Crippen molar-refractivity contribution in [2.75, 3.05) is 6.61 Å². The highest BCUT2D eigenvalue weighted by atomic mass is 32.2. The predicted octanol–water partition coefficient (Wildman–Crippen LogP) is 2.71. The van der Waals surface area contributed by atoms with Crippen LogP contribution in [0.3, 0.4) is 0 Å². The van der Waals surface area contributed by atoms with E-state index in [9.17, 15) is 24.7 Å². The third kappa shape index (κ3) is 8.19. The summed E-state index contributed by atoms with van der Waals surface area (Å²) in [4.78, 5) is 52.6. The first kappa shape index (κ1) is 29.0. The van der Waals surface area contributed by atoms with Crippen molar-refractivity contribution in [3.63, 3.8) is 0 Å². The minimum Gasteiger partial charge on any atom is -0.463 e. The summed E-state index contributed by atoms with van der Waals surface area (Å²) in [6.07, 6.45) is -2.61. The molecule has 36 heavy (non-hydrogen) atoms. The molecule has 1 saturated heterocycles. The first-order valence-corrected chi connectivity index (χ1v) is 12.1. The van der Waals surface area contributed by atoms with Crippen molar-refractivity contribution in [1.29, 1.82) is 0 Å². The van der Waals surface area contributed by atoms with E-state index < -0.39 is 71.1 Å². The van der Waals surface area contributed by atoms with E-state index in [4.69, 9.17) is 29.2 Å². The van der Waals surface area contributed by atoms with Crippen LogP contribution in [0.2, 0.25) is 0 Å². The highest BCUT2D eigenvalue weighted by Crippen LogP contribution is 2.41. The van der Waals surface area contributed by atoms with E-state index in [2.05, 4.69) is 20.1 Å². The summed E-state index contributed by atoms with van der Waals surface area (Å²) in [7, 11) is 0. The molecule has 0 aromatic heterocycles. The molecule has 198 valence electrons. The summed E-state index contributed by atoms with van der Waals surface area (Å²) < 4.78 is 27.4. The van der Waals surface area contributed by atoms with Gasteiger partial charge in [-0.15, -0.1) is 11.8 Å². The van der Waals surface area contributed by atoms with Gasteiger partial charge < -0.3 is 23.7 Å². The molecule has 0 radical (unpaired) electrons. The van der Waals surface area contributed by atoms with E-state index in [0.717, 1.165) is 25.6 Å². The fraction of sp³-hybridized carbons (Fsp3) is 0.800. The second-order valence-electron chi connectivity index (χ2n) is 8.14. The van der Waals surface area contributed by atoms with Crippen LogP contribution in [0.4, 0.5) is 0 Å². The fourth-order valence-electron chi connectivity index (χ4n) is 4.14. The van der Waals surface area contributed by atoms with Gasteiger partial charge in [-0.1, -0.05) is 16.6 Å². The SMILES string of the molecule is CC(=O)OCC1O[C@@H](S[C@@H]2CCCC(N=[N+]=[N-])C2OC(C)=O)[C@@H](OC(C)=O)C(N=[N+]=[N-])[C@H]1OC(C)=O. The van der Waals surface area contributed by atoms with Crippen LogP contribution in [0.1, 0.15) is 47.0 Å². The molecule has 2 fully saturated rings. The zero-order valence-corrected chi connectivity index (χ0v) is 21.0. The van der Waals surface area contributed by atoms with Crippen molar-refractivity contribution >= 4 is 35.6 Å². The molecular formula is C20H28N6O9S. The smallest absolute Gasteiger partial charge is 0.303 e. The molecule has 1 aliphatic carbocycles. The Labute approximate surface area is 210 Å². The molecule has 16 heteroatoms. The Morgan fingerprint density at radius 3 is 2.00 bits per heavy atom. The number of carbonyl (C=O) groups is 4. The van der Waals surface area contributed by atoms with Gasteiger partial charge in [0.25, 0.3) is 0 Å². The maximum atomic E-state index is 11.9. The standard InChI is InChI=1S/C20H28N6O9S/c1-9(27)31-8-14-18(33-11(3)29)16(24-26-22)19(34-12(4)30)20(35-14)36-15-7-5-6-13(23-25-21)17(15)32-10(2)28/h13-20H,5-8H2,1-4H3/t13?,14?,15-,16?,17?,18+,19+,20+/m1/s1. The number of esters is 4. The van der Waals surface area contributed by atoms with Gasteiger partial charge in [0.1, 0.15) is 42.5 Å². The van der Waals surface area contributed by atoms with Crippen LogP contribution >= 0.6 is 11.8 Å². The second kappa shape index (κ2) is 13.8. The molecule has 2 rings (SSSR count). The van der Waals surface area contributed by atoms with Crippen molar-refractivity contribution in [2.24, 2.45) is 10.2 Å². The third-order valence-corrected chi connectivity index (χ3v) is 6.90. The molecule has 8 atom stereocenters. The van der Waals surface area contributed by atoms with Gasteiger partial charge in [-0.05, 0) is 23.9 Å². The Balaban J connectivity index is 2.46. The molecule has 15 nitrogen and oxygen atoms in total. The van der Waals surface area contributed by atoms with Crippen LogP contribution in [-0.2, 0) is 42.9 Å². The molecular weight excluding hydrogens is 500 g/mol. The summed E-state index contributed by atoms with van der Waals surface area (Å²) in [5.41, 5.74) is 17.2. The average Bonchev–Trinajstić information content (AvgIpc) is 2.77. The first-order valence-electron chi connectivity index (χ1n) is 11.1. The number of ether oxygens (including phenoxy) is 5. The highest BCUT2D eigenvalue weighted by Gasteiger charge is 2.51. The van der Waals surface area contributed by atoms with E-state index in [1.807, 2.05) is 0 Å². The van der Waals surface area contributed by atoms with Crippen LogP contribution in [0.25, 0.3) is 20.9 Å². The van der Waals surface area contributed by atoms with Crippen molar-refractivity contribution in [3.05, 3.63) is 20.9 Å². The van der Waals surface area contributed by atoms with Gasteiger partial charge >= 0.3 is 23.9 Å². The van der Waals surface area contributed by atoms with Gasteiger partial charge in [-0.25, -0.2) is 0 Å². The largest absolute Gasteiger partial charge is 0.463 e. The molecule has 0 bridgehead atoms. The number of azide groups is 2. The second-order valence-corrected chi connectivity index (χ2v) is 9.48. The lowest BCUT2D eigenvalue weighted by atomic mass is 9.92. The average molecular weight is 529 g/mol. The van der Waals surface area contributed by atoms with E-state index in [1.165, 1.54) is 13.8 Å². The lowest BCUT2D eigenvalue weighted by Gasteiger charge is -2.45. The van der Waals surface area contributed by atoms with E-state index in [-0.39, 0.29) is 6.61 Å². The van der Waals surface area contributed by atoms with Gasteiger partial charge in [0.15, 0.2) is 0 Å². The van der Waals surface area contributed by atoms with Gasteiger partial charge in [-0.2, -0.15) is 0 Å². The highest BCUT2D eigenvalue weighted by molar-refractivity contribution is 8.00. The molecule has 0 aromatic rings. The van der Waals surface area contributed by atoms with Crippen molar-refractivity contribution < 1.29 is 42.9 Å². The Morgan fingerprint density at radius 1 is 0.861 bits per heavy atom. The lowest BCUT2D eigenvalue weighted by Crippen LogP contribution is -2.60. The topological polar surface area (TPSA) is 212 Å². The molecule has 2 aliphatic rings. The lowest BCUT2D eigenvalue weighted by molar-refractivity contribution is -0.201. The quantitative estimate of drug-likeness (QED) is 0.140. The molecule has 0 amide bonds. The summed E-state index contributed by atoms with van der Waals surface area (Å²) >= 11 is 1.14. The van der Waals surface area contributed by atoms with Crippen LogP contribution in [0.5, 0.6) is 0 Å². The Bertz CT molecular complexity index is 939. The number of rotatable bonds is 9. The molecule has 0 aromatic carbocycles. The normalized spacial score (nSPS) is 31.6. The number of hydrogen-bond acceptors (Lipinski definition) is 12. The Morgan fingerprint density at radius 2 is 1.44 bits per heavy atom. The minimum atomic E-state index is -1.23. The third-order valence-electron chi connectivity index (χ3n) is 5.40. The predicted molar refractivity (Wildman–Crippen MR) is 123 cm³/mol. The number of hydrogen-bond donors (Lipinski definition) is 0. The van der Waals surface area contributed by atoms with E-state index in [1.54, 1.807) is 0 Å². The zero-order valence-electron chi connectivity index (χ0n) is 20.2. The van der Waals surface area contributed by atoms with E-state index >= 15 is 0 Å². The summed E-state index contributed by atoms with van der Waals surface area (Å²) in [5.74, 6) is -2.62. The summed E-state index contributed by atoms with van der Waals surface area (Å²) in [5, 5.41) is 7.04. The van der Waals surface area contributed by atoms with Crippen LogP contribution in [-0.4, -0.2) is 77.7 Å². The van der Waals surface area contributed by atoms with Crippen LogP contribution < -0.4 is 0 Å². The van der Waals surface area contributed by atoms with Crippen molar-refractivity contribution in [2.45, 2.75) is 94.1 Å². The van der Waals surface area contributed by atoms with Crippen LogP contribution in [0.15, 0.2) is 10.2 Å². The molecule has 1 saturated carbocycles. The maximum absolute atomic E-state index is 11.9. The molecule has 1 heterocycles. The number of thioether (sulfide) groups is 1. The van der Waals surface area contributed by atoms with Gasteiger partial charge in [0.05, 0.1) is 6.04 Å². The molecule has 1 aliphatic heterocycles. The first-order chi connectivity index (χ1) is 17.1.